The van der Waals surface area contributed by atoms with E-state index >= 15 is 0 Å². The monoisotopic (exact) mass is 488 g/mol. The van der Waals surface area contributed by atoms with Gasteiger partial charge in [-0.2, -0.15) is 0 Å². The first-order valence-electron chi connectivity index (χ1n) is 12.3. The van der Waals surface area contributed by atoms with E-state index in [1.54, 1.807) is 0 Å². The van der Waals surface area contributed by atoms with Crippen LogP contribution in [0.1, 0.15) is 38.8 Å². The van der Waals surface area contributed by atoms with E-state index in [0.29, 0.717) is 37.7 Å². The van der Waals surface area contributed by atoms with Crippen molar-refractivity contribution in [2.75, 3.05) is 39.4 Å². The van der Waals surface area contributed by atoms with E-state index in [-0.39, 0.29) is 30.7 Å². The van der Waals surface area contributed by atoms with Crippen LogP contribution in [0, 0.1) is 0 Å². The van der Waals surface area contributed by atoms with Gasteiger partial charge in [0.1, 0.15) is 36.9 Å². The fourth-order valence-corrected chi connectivity index (χ4v) is 3.45. The molecule has 0 aliphatic heterocycles. The van der Waals surface area contributed by atoms with Crippen molar-refractivity contribution in [1.29, 1.82) is 0 Å². The van der Waals surface area contributed by atoms with Crippen molar-refractivity contribution in [3.05, 3.63) is 59.7 Å². The minimum absolute atomic E-state index is 0.158. The molecule has 8 N–H and O–H groups in total. The molecule has 0 heterocycles. The van der Waals surface area contributed by atoms with Crippen molar-refractivity contribution >= 4 is 0 Å². The molecule has 0 radical (unpaired) electrons. The molecule has 2 rings (SSSR count). The van der Waals surface area contributed by atoms with Gasteiger partial charge in [0.2, 0.25) is 0 Å². The van der Waals surface area contributed by atoms with Gasteiger partial charge in [-0.3, -0.25) is 0 Å². The quantitative estimate of drug-likeness (QED) is 0.209. The van der Waals surface area contributed by atoms with Gasteiger partial charge in [-0.15, -0.1) is 0 Å². The van der Waals surface area contributed by atoms with E-state index in [0.717, 1.165) is 11.1 Å². The predicted molar refractivity (Wildman–Crippen MR) is 141 cm³/mol. The zero-order valence-corrected chi connectivity index (χ0v) is 21.5. The summed E-state index contributed by atoms with van der Waals surface area (Å²) >= 11 is 0. The number of nitrogens with two attached hydrogens (primary N) is 2. The molecule has 0 bridgehead atoms. The number of ether oxygens (including phenoxy) is 2. The second-order valence-electron chi connectivity index (χ2n) is 9.69. The van der Waals surface area contributed by atoms with Crippen molar-refractivity contribution in [1.82, 2.24) is 10.6 Å². The van der Waals surface area contributed by atoms with Crippen LogP contribution in [-0.2, 0) is 5.41 Å². The first-order chi connectivity index (χ1) is 16.6. The number of benzene rings is 2. The minimum Gasteiger partial charge on any atom is -0.491 e. The lowest BCUT2D eigenvalue weighted by Gasteiger charge is -2.26. The van der Waals surface area contributed by atoms with Gasteiger partial charge in [-0.05, 0) is 49.2 Å². The third-order valence-electron chi connectivity index (χ3n) is 6.15. The molecular formula is C27H44N4O4. The molecule has 2 aromatic carbocycles. The fourth-order valence-electron chi connectivity index (χ4n) is 3.45. The van der Waals surface area contributed by atoms with E-state index < -0.39 is 12.2 Å². The van der Waals surface area contributed by atoms with Gasteiger partial charge in [0.25, 0.3) is 0 Å². The summed E-state index contributed by atoms with van der Waals surface area (Å²) in [5, 5.41) is 26.5. The number of hydrogen-bond acceptors (Lipinski definition) is 8. The van der Waals surface area contributed by atoms with Crippen molar-refractivity contribution in [3.63, 3.8) is 0 Å². The summed E-state index contributed by atoms with van der Waals surface area (Å²) < 4.78 is 11.5. The predicted octanol–water partition coefficient (Wildman–Crippen LogP) is 1.37. The second kappa shape index (κ2) is 14.4. The molecule has 0 aromatic heterocycles. The highest BCUT2D eigenvalue weighted by molar-refractivity contribution is 5.41. The molecule has 35 heavy (non-hydrogen) atoms. The zero-order chi connectivity index (χ0) is 25.8. The Kier molecular flexibility index (Phi) is 11.9. The van der Waals surface area contributed by atoms with E-state index in [4.69, 9.17) is 20.9 Å². The molecule has 0 saturated carbocycles. The Bertz CT molecular complexity index is 776. The summed E-state index contributed by atoms with van der Waals surface area (Å²) in [5.74, 6) is 1.43. The van der Waals surface area contributed by atoms with Crippen molar-refractivity contribution in [2.24, 2.45) is 11.5 Å². The van der Waals surface area contributed by atoms with Gasteiger partial charge >= 0.3 is 0 Å². The highest BCUT2D eigenvalue weighted by atomic mass is 16.5. The lowest BCUT2D eigenvalue weighted by Crippen LogP contribution is -2.40. The summed E-state index contributed by atoms with van der Waals surface area (Å²) in [6.45, 7) is 10.6. The minimum atomic E-state index is -0.604. The molecule has 0 fully saturated rings. The molecule has 0 aliphatic rings. The standard InChI is InChI=1S/C27H44N4O4/c1-19(13-28)30-15-23(32)17-34-25-9-5-21(6-10-25)27(3,4)22-7-11-26(12-8-22)35-18-24(33)16-31-20(2)14-29/h5-12,19-20,23-24,30-33H,13-18,28-29H2,1-4H3. The first kappa shape index (κ1) is 29.0. The molecule has 0 amide bonds. The van der Waals surface area contributed by atoms with Gasteiger partial charge in [0, 0.05) is 43.7 Å². The fraction of sp³-hybridized carbons (Fsp3) is 0.556. The Hall–Kier alpha value is -2.20. The van der Waals surface area contributed by atoms with Crippen LogP contribution in [0.4, 0.5) is 0 Å². The van der Waals surface area contributed by atoms with Gasteiger partial charge in [-0.25, -0.2) is 0 Å². The first-order valence-corrected chi connectivity index (χ1v) is 12.3. The molecule has 0 aliphatic carbocycles. The maximum absolute atomic E-state index is 10.1. The SMILES string of the molecule is CC(CN)NCC(O)COc1ccc(C(C)(C)c2ccc(OCC(O)CNC(C)CN)cc2)cc1. The smallest absolute Gasteiger partial charge is 0.119 e. The highest BCUT2D eigenvalue weighted by Gasteiger charge is 2.23. The Morgan fingerprint density at radius 1 is 0.714 bits per heavy atom. The molecule has 2 aromatic rings. The largest absolute Gasteiger partial charge is 0.491 e. The van der Waals surface area contributed by atoms with Gasteiger partial charge in [0.15, 0.2) is 0 Å². The van der Waals surface area contributed by atoms with Crippen molar-refractivity contribution < 1.29 is 19.7 Å². The summed E-state index contributed by atoms with van der Waals surface area (Å²) in [6.07, 6.45) is -1.21. The van der Waals surface area contributed by atoms with Crippen LogP contribution in [0.15, 0.2) is 48.5 Å². The van der Waals surface area contributed by atoms with Gasteiger partial charge in [-0.1, -0.05) is 38.1 Å². The highest BCUT2D eigenvalue weighted by Crippen LogP contribution is 2.33. The number of aliphatic hydroxyl groups excluding tert-OH is 2. The Morgan fingerprint density at radius 3 is 1.37 bits per heavy atom. The van der Waals surface area contributed by atoms with Crippen LogP contribution in [0.25, 0.3) is 0 Å². The number of rotatable bonds is 16. The summed E-state index contributed by atoms with van der Waals surface area (Å²) in [6, 6.07) is 16.2. The van der Waals surface area contributed by atoms with E-state index in [2.05, 4.69) is 24.5 Å². The third-order valence-corrected chi connectivity index (χ3v) is 6.15. The van der Waals surface area contributed by atoms with Crippen molar-refractivity contribution in [3.8, 4) is 11.5 Å². The third kappa shape index (κ3) is 9.76. The molecule has 8 nitrogen and oxygen atoms in total. The Labute approximate surface area is 210 Å². The van der Waals surface area contributed by atoms with Crippen LogP contribution < -0.4 is 31.6 Å². The molecule has 196 valence electrons. The van der Waals surface area contributed by atoms with E-state index in [9.17, 15) is 10.2 Å². The number of aliphatic hydroxyl groups is 2. The van der Waals surface area contributed by atoms with Gasteiger partial charge < -0.3 is 41.8 Å². The number of nitrogens with one attached hydrogen (secondary N) is 2. The summed E-state index contributed by atoms with van der Waals surface area (Å²) in [5.41, 5.74) is 13.2. The summed E-state index contributed by atoms with van der Waals surface area (Å²) in [7, 11) is 0. The Balaban J connectivity index is 1.87. The lowest BCUT2D eigenvalue weighted by molar-refractivity contribution is 0.104. The molecular weight excluding hydrogens is 444 g/mol. The van der Waals surface area contributed by atoms with Crippen LogP contribution in [-0.4, -0.2) is 73.9 Å². The zero-order valence-electron chi connectivity index (χ0n) is 21.5. The van der Waals surface area contributed by atoms with Crippen LogP contribution in [0.2, 0.25) is 0 Å². The maximum Gasteiger partial charge on any atom is 0.119 e. The van der Waals surface area contributed by atoms with Gasteiger partial charge in [0.05, 0.1) is 0 Å². The topological polar surface area (TPSA) is 135 Å². The van der Waals surface area contributed by atoms with Crippen LogP contribution >= 0.6 is 0 Å². The molecule has 4 atom stereocenters. The molecule has 0 saturated heterocycles. The normalized spacial score (nSPS) is 15.3. The Morgan fingerprint density at radius 2 is 1.06 bits per heavy atom. The van der Waals surface area contributed by atoms with Crippen LogP contribution in [0.3, 0.4) is 0 Å². The maximum atomic E-state index is 10.1. The number of hydrogen-bond donors (Lipinski definition) is 6. The average molecular weight is 489 g/mol. The van der Waals surface area contributed by atoms with E-state index in [1.807, 2.05) is 62.4 Å². The second-order valence-corrected chi connectivity index (χ2v) is 9.69. The molecule has 8 heteroatoms. The van der Waals surface area contributed by atoms with Crippen LogP contribution in [0.5, 0.6) is 11.5 Å². The van der Waals surface area contributed by atoms with E-state index in [1.165, 1.54) is 0 Å². The lowest BCUT2D eigenvalue weighted by atomic mass is 9.78. The van der Waals surface area contributed by atoms with Crippen molar-refractivity contribution in [2.45, 2.75) is 57.4 Å². The average Bonchev–Trinajstić information content (AvgIpc) is 2.88. The summed E-state index contributed by atoms with van der Waals surface area (Å²) in [4.78, 5) is 0. The molecule has 4 unspecified atom stereocenters. The molecule has 0 spiro atoms.